The minimum Gasteiger partial charge on any atom is -0.345 e. The zero-order valence-electron chi connectivity index (χ0n) is 16.8. The van der Waals surface area contributed by atoms with Gasteiger partial charge in [0, 0.05) is 44.2 Å². The summed E-state index contributed by atoms with van der Waals surface area (Å²) in [5.41, 5.74) is 3.29. The molecule has 1 saturated carbocycles. The molecular weight excluding hydrogens is 360 g/mol. The molecule has 152 valence electrons. The number of amides is 1. The predicted octanol–water partition coefficient (Wildman–Crippen LogP) is 3.00. The van der Waals surface area contributed by atoms with E-state index in [0.29, 0.717) is 12.0 Å². The highest BCUT2D eigenvalue weighted by Crippen LogP contribution is 2.56. The molecule has 3 aliphatic heterocycles. The van der Waals surface area contributed by atoms with Gasteiger partial charge >= 0.3 is 0 Å². The molecule has 29 heavy (non-hydrogen) atoms. The van der Waals surface area contributed by atoms with Gasteiger partial charge in [0.2, 0.25) is 0 Å². The SMILES string of the molecule is O=C(c1ccc(CC2=NC34CC3C=CC=C4N2)cc1)N1CC[C@H](N2CCCC2)C1.[HH]. The first-order chi connectivity index (χ1) is 14.2. The van der Waals surface area contributed by atoms with Crippen molar-refractivity contribution in [2.45, 2.75) is 43.7 Å². The number of benzene rings is 1. The van der Waals surface area contributed by atoms with Gasteiger partial charge in [0.05, 0.1) is 0 Å². The fraction of sp³-hybridized carbons (Fsp3) is 0.500. The number of carbonyl (C=O) groups excluding carboxylic acids is 1. The summed E-state index contributed by atoms with van der Waals surface area (Å²) in [6, 6.07) is 8.71. The molecule has 1 aromatic rings. The maximum atomic E-state index is 12.9. The molecule has 0 bridgehead atoms. The van der Waals surface area contributed by atoms with Crippen molar-refractivity contribution in [3.05, 3.63) is 59.3 Å². The van der Waals surface area contributed by atoms with E-state index in [1.54, 1.807) is 0 Å². The van der Waals surface area contributed by atoms with Crippen LogP contribution in [0.5, 0.6) is 0 Å². The maximum absolute atomic E-state index is 12.9. The molecule has 1 aromatic carbocycles. The lowest BCUT2D eigenvalue weighted by atomic mass is 10.1. The number of nitrogens with one attached hydrogen (secondary N) is 1. The molecule has 6 rings (SSSR count). The topological polar surface area (TPSA) is 47.9 Å². The number of hydrogen-bond donors (Lipinski definition) is 1. The molecule has 5 heteroatoms. The molecule has 0 aromatic heterocycles. The standard InChI is InChI=1S/C24H28N4O.H2/c29-23(28-13-10-20(16-28)27-11-1-2-12-27)18-8-6-17(7-9-18)14-22-25-21-5-3-4-19-15-24(19,21)26-22;/h3-9,19-20H,1-2,10-16H2,(H,25,26);1H/t19?,20-,24?;/m0./s1. The number of amidine groups is 1. The molecular formula is C24H30N4O. The second-order valence-corrected chi connectivity index (χ2v) is 9.19. The lowest BCUT2D eigenvalue weighted by molar-refractivity contribution is 0.0780. The van der Waals surface area contributed by atoms with Crippen LogP contribution in [0.15, 0.2) is 53.2 Å². The molecule has 5 nitrogen and oxygen atoms in total. The molecule has 2 aliphatic carbocycles. The Morgan fingerprint density at radius 1 is 1.21 bits per heavy atom. The van der Waals surface area contributed by atoms with Gasteiger partial charge in [-0.2, -0.15) is 0 Å². The normalized spacial score (nSPS) is 32.5. The summed E-state index contributed by atoms with van der Waals surface area (Å²) < 4.78 is 0. The van der Waals surface area contributed by atoms with Crippen molar-refractivity contribution in [1.82, 2.24) is 15.1 Å². The minimum absolute atomic E-state index is 0. The Kier molecular flexibility index (Phi) is 3.95. The van der Waals surface area contributed by atoms with Gasteiger partial charge in [-0.25, -0.2) is 0 Å². The first kappa shape index (κ1) is 17.5. The Labute approximate surface area is 173 Å². The fourth-order valence-corrected chi connectivity index (χ4v) is 5.56. The van der Waals surface area contributed by atoms with Crippen LogP contribution in [0, 0.1) is 5.92 Å². The second kappa shape index (κ2) is 6.56. The second-order valence-electron chi connectivity index (χ2n) is 9.19. The van der Waals surface area contributed by atoms with E-state index in [9.17, 15) is 4.79 Å². The quantitative estimate of drug-likeness (QED) is 0.860. The summed E-state index contributed by atoms with van der Waals surface area (Å²) in [5, 5.41) is 3.52. The van der Waals surface area contributed by atoms with E-state index in [0.717, 1.165) is 43.8 Å². The van der Waals surface area contributed by atoms with E-state index in [2.05, 4.69) is 40.6 Å². The third-order valence-corrected chi connectivity index (χ3v) is 7.35. The summed E-state index contributed by atoms with van der Waals surface area (Å²) in [6.45, 7) is 4.17. The van der Waals surface area contributed by atoms with Crippen LogP contribution in [0.25, 0.3) is 0 Å². The number of nitrogens with zero attached hydrogens (tertiary/aromatic N) is 3. The molecule has 2 saturated heterocycles. The zero-order valence-corrected chi connectivity index (χ0v) is 16.8. The highest BCUT2D eigenvalue weighted by molar-refractivity contribution is 5.95. The number of hydrogen-bond acceptors (Lipinski definition) is 4. The average Bonchev–Trinajstić information content (AvgIpc) is 3.17. The van der Waals surface area contributed by atoms with Gasteiger partial charge in [0.15, 0.2) is 0 Å². The molecule has 0 radical (unpaired) electrons. The Morgan fingerprint density at radius 2 is 2.03 bits per heavy atom. The molecule has 3 atom stereocenters. The van der Waals surface area contributed by atoms with Crippen molar-refractivity contribution in [2.75, 3.05) is 26.2 Å². The maximum Gasteiger partial charge on any atom is 0.253 e. The van der Waals surface area contributed by atoms with Crippen LogP contribution in [-0.4, -0.2) is 59.3 Å². The molecule has 2 unspecified atom stereocenters. The molecule has 5 aliphatic rings. The van der Waals surface area contributed by atoms with Crippen LogP contribution < -0.4 is 5.32 Å². The van der Waals surface area contributed by atoms with Crippen LogP contribution >= 0.6 is 0 Å². The lowest BCUT2D eigenvalue weighted by Gasteiger charge is -2.23. The summed E-state index contributed by atoms with van der Waals surface area (Å²) in [6.07, 6.45) is 12.2. The van der Waals surface area contributed by atoms with Crippen LogP contribution in [0.4, 0.5) is 0 Å². The zero-order chi connectivity index (χ0) is 19.4. The summed E-state index contributed by atoms with van der Waals surface area (Å²) in [7, 11) is 0. The Balaban J connectivity index is 0.00000193. The van der Waals surface area contributed by atoms with Gasteiger partial charge in [-0.05, 0) is 62.5 Å². The van der Waals surface area contributed by atoms with Gasteiger partial charge in [0.25, 0.3) is 5.91 Å². The van der Waals surface area contributed by atoms with Gasteiger partial charge in [-0.1, -0.05) is 24.3 Å². The van der Waals surface area contributed by atoms with Crippen LogP contribution in [-0.2, 0) is 6.42 Å². The third-order valence-electron chi connectivity index (χ3n) is 7.35. The Hall–Kier alpha value is -2.40. The van der Waals surface area contributed by atoms with Gasteiger partial charge in [0.1, 0.15) is 11.4 Å². The minimum atomic E-state index is 0. The number of aliphatic imine (C=N–C) groups is 1. The molecule has 1 spiro atoms. The number of allylic oxidation sites excluding steroid dienone is 2. The molecule has 1 amide bonds. The van der Waals surface area contributed by atoms with Crippen molar-refractivity contribution < 1.29 is 6.22 Å². The first-order valence-electron chi connectivity index (χ1n) is 11.1. The molecule has 3 fully saturated rings. The van der Waals surface area contributed by atoms with Crippen molar-refractivity contribution >= 4 is 11.7 Å². The lowest BCUT2D eigenvalue weighted by Crippen LogP contribution is -2.37. The molecule has 1 N–H and O–H groups in total. The van der Waals surface area contributed by atoms with E-state index in [-0.39, 0.29) is 12.9 Å². The Morgan fingerprint density at radius 3 is 2.83 bits per heavy atom. The average molecular weight is 391 g/mol. The highest BCUT2D eigenvalue weighted by Gasteiger charge is 2.59. The van der Waals surface area contributed by atoms with E-state index in [4.69, 9.17) is 4.99 Å². The largest absolute Gasteiger partial charge is 0.345 e. The third kappa shape index (κ3) is 2.94. The van der Waals surface area contributed by atoms with Crippen LogP contribution in [0.3, 0.4) is 0 Å². The van der Waals surface area contributed by atoms with Gasteiger partial charge in [-0.3, -0.25) is 14.7 Å². The van der Waals surface area contributed by atoms with Crippen molar-refractivity contribution in [3.8, 4) is 0 Å². The number of carbonyl (C=O) groups is 1. The van der Waals surface area contributed by atoms with Crippen LogP contribution in [0.2, 0.25) is 0 Å². The van der Waals surface area contributed by atoms with E-state index in [1.807, 2.05) is 17.0 Å². The molecule has 3 heterocycles. The van der Waals surface area contributed by atoms with Crippen LogP contribution in [0.1, 0.15) is 43.0 Å². The Bertz CT molecular complexity index is 931. The monoisotopic (exact) mass is 390 g/mol. The van der Waals surface area contributed by atoms with Crippen molar-refractivity contribution in [3.63, 3.8) is 0 Å². The van der Waals surface area contributed by atoms with E-state index in [1.165, 1.54) is 37.2 Å². The van der Waals surface area contributed by atoms with E-state index >= 15 is 0 Å². The number of likely N-dealkylation sites (tertiary alicyclic amines) is 2. The van der Waals surface area contributed by atoms with Crippen molar-refractivity contribution in [2.24, 2.45) is 10.9 Å². The number of rotatable bonds is 4. The first-order valence-corrected chi connectivity index (χ1v) is 11.1. The summed E-state index contributed by atoms with van der Waals surface area (Å²) in [5.74, 6) is 1.81. The highest BCUT2D eigenvalue weighted by atomic mass is 16.2. The van der Waals surface area contributed by atoms with E-state index < -0.39 is 0 Å². The predicted molar refractivity (Wildman–Crippen MR) is 116 cm³/mol. The van der Waals surface area contributed by atoms with Gasteiger partial charge < -0.3 is 10.2 Å². The fourth-order valence-electron chi connectivity index (χ4n) is 5.56. The summed E-state index contributed by atoms with van der Waals surface area (Å²) in [4.78, 5) is 22.5. The summed E-state index contributed by atoms with van der Waals surface area (Å²) >= 11 is 0. The van der Waals surface area contributed by atoms with Gasteiger partial charge in [-0.15, -0.1) is 0 Å². The van der Waals surface area contributed by atoms with Crippen molar-refractivity contribution in [1.29, 1.82) is 0 Å². The smallest absolute Gasteiger partial charge is 0.253 e.